The highest BCUT2D eigenvalue weighted by Gasteiger charge is 2.22. The number of benzene rings is 1. The summed E-state index contributed by atoms with van der Waals surface area (Å²) in [5.74, 6) is -0.0555. The topological polar surface area (TPSA) is 87.5 Å². The van der Waals surface area contributed by atoms with Crippen LogP contribution in [0.2, 0.25) is 0 Å². The van der Waals surface area contributed by atoms with Crippen molar-refractivity contribution >= 4 is 17.3 Å². The van der Waals surface area contributed by atoms with Crippen LogP contribution < -0.4 is 10.6 Å². The Kier molecular flexibility index (Phi) is 5.10. The number of hydrogen-bond donors (Lipinski definition) is 2. The van der Waals surface area contributed by atoms with Crippen molar-refractivity contribution in [2.75, 3.05) is 32.0 Å². The molecule has 0 bridgehead atoms. The van der Waals surface area contributed by atoms with E-state index in [-0.39, 0.29) is 24.2 Å². The van der Waals surface area contributed by atoms with Crippen LogP contribution in [-0.2, 0) is 4.79 Å². The fourth-order valence-corrected chi connectivity index (χ4v) is 2.48. The first-order chi connectivity index (χ1) is 10.1. The molecule has 1 aliphatic rings. The summed E-state index contributed by atoms with van der Waals surface area (Å²) in [7, 11) is 1.79. The molecule has 1 amide bonds. The van der Waals surface area contributed by atoms with Gasteiger partial charge in [-0.05, 0) is 32.0 Å². The quantitative estimate of drug-likeness (QED) is 0.629. The third-order valence-corrected chi connectivity index (χ3v) is 3.78. The summed E-state index contributed by atoms with van der Waals surface area (Å²) in [5, 5.41) is 17.0. The van der Waals surface area contributed by atoms with Crippen molar-refractivity contribution in [3.05, 3.63) is 34.4 Å². The summed E-state index contributed by atoms with van der Waals surface area (Å²) in [6.45, 7) is 1.89. The van der Waals surface area contributed by atoms with Crippen molar-refractivity contribution in [2.24, 2.45) is 0 Å². The summed E-state index contributed by atoms with van der Waals surface area (Å²) in [5.41, 5.74) is 0.351. The molecule has 0 aliphatic carbocycles. The lowest BCUT2D eigenvalue weighted by atomic mass is 10.1. The fourth-order valence-electron chi connectivity index (χ4n) is 2.48. The standard InChI is InChI=1S/C14H20N4O3/c1-17(11-6-8-15-9-7-11)14(19)10-16-12-4-2-3-5-13(12)18(20)21/h2-5,11,15-16H,6-10H2,1H3. The van der Waals surface area contributed by atoms with Crippen LogP contribution in [0.25, 0.3) is 0 Å². The van der Waals surface area contributed by atoms with Crippen LogP contribution in [-0.4, -0.2) is 48.5 Å². The zero-order valence-corrected chi connectivity index (χ0v) is 12.0. The van der Waals surface area contributed by atoms with Gasteiger partial charge in [-0.2, -0.15) is 0 Å². The Morgan fingerprint density at radius 2 is 2.10 bits per heavy atom. The number of para-hydroxylation sites is 2. The number of carbonyl (C=O) groups is 1. The molecule has 1 fully saturated rings. The van der Waals surface area contributed by atoms with E-state index in [2.05, 4.69) is 10.6 Å². The first-order valence-electron chi connectivity index (χ1n) is 7.03. The second-order valence-corrected chi connectivity index (χ2v) is 5.11. The minimum Gasteiger partial charge on any atom is -0.371 e. The highest BCUT2D eigenvalue weighted by molar-refractivity contribution is 5.81. The van der Waals surface area contributed by atoms with Gasteiger partial charge in [-0.25, -0.2) is 0 Å². The molecule has 7 heteroatoms. The molecule has 1 aromatic carbocycles. The smallest absolute Gasteiger partial charge is 0.292 e. The molecule has 1 aliphatic heterocycles. The summed E-state index contributed by atoms with van der Waals surface area (Å²) in [6.07, 6.45) is 1.88. The number of nitrogens with one attached hydrogen (secondary N) is 2. The lowest BCUT2D eigenvalue weighted by molar-refractivity contribution is -0.383. The monoisotopic (exact) mass is 292 g/mol. The normalized spacial score (nSPS) is 15.5. The Bertz CT molecular complexity index is 515. The van der Waals surface area contributed by atoms with Crippen molar-refractivity contribution in [3.8, 4) is 0 Å². The average molecular weight is 292 g/mol. The molecule has 0 radical (unpaired) electrons. The second-order valence-electron chi connectivity index (χ2n) is 5.11. The van der Waals surface area contributed by atoms with Crippen LogP contribution in [0.4, 0.5) is 11.4 Å². The minimum absolute atomic E-state index is 0.0187. The zero-order chi connectivity index (χ0) is 15.2. The Morgan fingerprint density at radius 3 is 2.76 bits per heavy atom. The summed E-state index contributed by atoms with van der Waals surface area (Å²) in [6, 6.07) is 6.58. The molecule has 0 saturated carbocycles. The van der Waals surface area contributed by atoms with E-state index in [0.717, 1.165) is 25.9 Å². The predicted molar refractivity (Wildman–Crippen MR) is 80.2 cm³/mol. The van der Waals surface area contributed by atoms with Gasteiger partial charge in [0, 0.05) is 19.2 Å². The van der Waals surface area contributed by atoms with Crippen molar-refractivity contribution in [1.29, 1.82) is 0 Å². The van der Waals surface area contributed by atoms with Gasteiger partial charge in [0.25, 0.3) is 5.69 Å². The largest absolute Gasteiger partial charge is 0.371 e. The summed E-state index contributed by atoms with van der Waals surface area (Å²) >= 11 is 0. The van der Waals surface area contributed by atoms with Gasteiger partial charge in [-0.1, -0.05) is 12.1 Å². The first-order valence-corrected chi connectivity index (χ1v) is 7.03. The number of amides is 1. The van der Waals surface area contributed by atoms with Gasteiger partial charge in [-0.3, -0.25) is 14.9 Å². The number of piperidine rings is 1. The number of nitrogens with zero attached hydrogens (tertiary/aromatic N) is 2. The highest BCUT2D eigenvalue weighted by Crippen LogP contribution is 2.23. The Labute approximate surface area is 123 Å². The van der Waals surface area contributed by atoms with Gasteiger partial charge in [0.1, 0.15) is 5.69 Å². The second kappa shape index (κ2) is 7.03. The lowest BCUT2D eigenvalue weighted by Crippen LogP contribution is -2.45. The van der Waals surface area contributed by atoms with E-state index in [9.17, 15) is 14.9 Å². The molecule has 0 spiro atoms. The van der Waals surface area contributed by atoms with Gasteiger partial charge in [-0.15, -0.1) is 0 Å². The predicted octanol–water partition coefficient (Wildman–Crippen LogP) is 1.22. The third-order valence-electron chi connectivity index (χ3n) is 3.78. The molecule has 7 nitrogen and oxygen atoms in total. The van der Waals surface area contributed by atoms with E-state index in [0.29, 0.717) is 5.69 Å². The van der Waals surface area contributed by atoms with Crippen molar-refractivity contribution < 1.29 is 9.72 Å². The molecule has 0 aromatic heterocycles. The Morgan fingerprint density at radius 1 is 1.43 bits per heavy atom. The summed E-state index contributed by atoms with van der Waals surface area (Å²) < 4.78 is 0. The zero-order valence-electron chi connectivity index (χ0n) is 12.0. The van der Waals surface area contributed by atoms with E-state index in [4.69, 9.17) is 0 Å². The Balaban J connectivity index is 1.93. The van der Waals surface area contributed by atoms with E-state index in [1.165, 1.54) is 6.07 Å². The van der Waals surface area contributed by atoms with Gasteiger partial charge in [0.05, 0.1) is 11.5 Å². The molecule has 0 unspecified atom stereocenters. The molecule has 1 aromatic rings. The lowest BCUT2D eigenvalue weighted by Gasteiger charge is -2.31. The van der Waals surface area contributed by atoms with Crippen LogP contribution >= 0.6 is 0 Å². The maximum absolute atomic E-state index is 12.2. The van der Waals surface area contributed by atoms with Crippen molar-refractivity contribution in [1.82, 2.24) is 10.2 Å². The summed E-state index contributed by atoms with van der Waals surface area (Å²) in [4.78, 5) is 24.4. The molecule has 1 heterocycles. The maximum atomic E-state index is 12.2. The third kappa shape index (κ3) is 3.91. The average Bonchev–Trinajstić information content (AvgIpc) is 2.52. The number of carbonyl (C=O) groups excluding carboxylic acids is 1. The number of likely N-dealkylation sites (N-methyl/N-ethyl adjacent to an activating group) is 1. The molecular formula is C14H20N4O3. The van der Waals surface area contributed by atoms with E-state index in [1.54, 1.807) is 30.1 Å². The van der Waals surface area contributed by atoms with Crippen LogP contribution in [0.15, 0.2) is 24.3 Å². The molecule has 1 saturated heterocycles. The van der Waals surface area contributed by atoms with Gasteiger partial charge < -0.3 is 15.5 Å². The first kappa shape index (κ1) is 15.2. The van der Waals surface area contributed by atoms with E-state index in [1.807, 2.05) is 0 Å². The van der Waals surface area contributed by atoms with Crippen molar-refractivity contribution in [3.63, 3.8) is 0 Å². The van der Waals surface area contributed by atoms with Gasteiger partial charge in [0.15, 0.2) is 0 Å². The molecule has 2 N–H and O–H groups in total. The van der Waals surface area contributed by atoms with Crippen LogP contribution in [0.3, 0.4) is 0 Å². The van der Waals surface area contributed by atoms with Crippen molar-refractivity contribution in [2.45, 2.75) is 18.9 Å². The highest BCUT2D eigenvalue weighted by atomic mass is 16.6. The molecular weight excluding hydrogens is 272 g/mol. The SMILES string of the molecule is CN(C(=O)CNc1ccccc1[N+](=O)[O-])C1CCNCC1. The number of hydrogen-bond acceptors (Lipinski definition) is 5. The number of nitro benzene ring substituents is 1. The Hall–Kier alpha value is -2.15. The number of nitro groups is 1. The van der Waals surface area contributed by atoms with Gasteiger partial charge in [0.2, 0.25) is 5.91 Å². The molecule has 114 valence electrons. The molecule has 21 heavy (non-hydrogen) atoms. The van der Waals surface area contributed by atoms with E-state index >= 15 is 0 Å². The van der Waals surface area contributed by atoms with Crippen LogP contribution in [0.5, 0.6) is 0 Å². The molecule has 0 atom stereocenters. The maximum Gasteiger partial charge on any atom is 0.292 e. The number of rotatable bonds is 5. The fraction of sp³-hybridized carbons (Fsp3) is 0.500. The van der Waals surface area contributed by atoms with E-state index < -0.39 is 4.92 Å². The van der Waals surface area contributed by atoms with Gasteiger partial charge >= 0.3 is 0 Å². The number of anilines is 1. The van der Waals surface area contributed by atoms with Crippen LogP contribution in [0.1, 0.15) is 12.8 Å². The minimum atomic E-state index is -0.455. The van der Waals surface area contributed by atoms with Crippen LogP contribution in [0, 0.1) is 10.1 Å². The molecule has 2 rings (SSSR count).